The lowest BCUT2D eigenvalue weighted by Gasteiger charge is -2.10. The molecule has 0 atom stereocenters. The summed E-state index contributed by atoms with van der Waals surface area (Å²) < 4.78 is 4.71. The zero-order valence-electron chi connectivity index (χ0n) is 20.6. The zero-order valence-corrected chi connectivity index (χ0v) is 20.6. The number of hydrogen-bond acceptors (Lipinski definition) is 1. The quantitative estimate of drug-likeness (QED) is 0.245. The summed E-state index contributed by atoms with van der Waals surface area (Å²) >= 11 is 0. The number of fused-ring (bicyclic) bond motifs is 6. The van der Waals surface area contributed by atoms with E-state index in [2.05, 4.69) is 143 Å². The average Bonchev–Trinajstić information content (AvgIpc) is 3.51. The minimum Gasteiger partial charge on any atom is -0.309 e. The van der Waals surface area contributed by atoms with E-state index in [9.17, 15) is 0 Å². The number of rotatable bonds is 3. The Balaban J connectivity index is 1.46. The number of para-hydroxylation sites is 4. The Bertz CT molecular complexity index is 2120. The van der Waals surface area contributed by atoms with Gasteiger partial charge in [0.25, 0.3) is 0 Å². The Hall–Kier alpha value is -5.15. The van der Waals surface area contributed by atoms with Gasteiger partial charge in [-0.2, -0.15) is 0 Å². The van der Waals surface area contributed by atoms with E-state index in [1.807, 2.05) is 6.20 Å². The molecule has 0 N–H and O–H groups in total. The van der Waals surface area contributed by atoms with Crippen LogP contribution in [0.25, 0.3) is 66.2 Å². The van der Waals surface area contributed by atoms with Crippen molar-refractivity contribution in [2.45, 2.75) is 0 Å². The lowest BCUT2D eigenvalue weighted by atomic mass is 10.0. The molecule has 0 fully saturated rings. The minimum atomic E-state index is 0.971. The first-order chi connectivity index (χ1) is 18.9. The van der Waals surface area contributed by atoms with Crippen molar-refractivity contribution in [2.75, 3.05) is 0 Å². The van der Waals surface area contributed by atoms with E-state index in [0.29, 0.717) is 0 Å². The number of benzene rings is 5. The largest absolute Gasteiger partial charge is 0.309 e. The first-order valence-corrected chi connectivity index (χ1v) is 12.9. The molecule has 8 rings (SSSR count). The van der Waals surface area contributed by atoms with Gasteiger partial charge < -0.3 is 9.13 Å². The molecule has 3 heterocycles. The van der Waals surface area contributed by atoms with Crippen LogP contribution >= 0.6 is 0 Å². The maximum absolute atomic E-state index is 5.05. The van der Waals surface area contributed by atoms with E-state index in [4.69, 9.17) is 4.98 Å². The van der Waals surface area contributed by atoms with Crippen LogP contribution in [0.3, 0.4) is 0 Å². The average molecular weight is 486 g/mol. The van der Waals surface area contributed by atoms with Gasteiger partial charge in [0.15, 0.2) is 0 Å². The molecule has 0 amide bonds. The highest BCUT2D eigenvalue weighted by atomic mass is 15.0. The first kappa shape index (κ1) is 21.0. The van der Waals surface area contributed by atoms with Crippen LogP contribution in [0.5, 0.6) is 0 Å². The third kappa shape index (κ3) is 2.99. The molecular weight excluding hydrogens is 462 g/mol. The molecule has 0 bridgehead atoms. The zero-order chi connectivity index (χ0) is 25.1. The van der Waals surface area contributed by atoms with Gasteiger partial charge >= 0.3 is 0 Å². The smallest absolute Gasteiger partial charge is 0.0730 e. The van der Waals surface area contributed by atoms with Crippen molar-refractivity contribution in [2.24, 2.45) is 0 Å². The number of aromatic nitrogens is 3. The SMILES string of the molecule is c1ccc(-n2c3ccccc3c3cnc(-c4cccc5c4c4ccccc4n5-c4ccccc4)cc32)cc1. The molecule has 3 aromatic heterocycles. The fourth-order valence-corrected chi connectivity index (χ4v) is 5.95. The van der Waals surface area contributed by atoms with Crippen LogP contribution < -0.4 is 0 Å². The van der Waals surface area contributed by atoms with Crippen LogP contribution in [0.4, 0.5) is 0 Å². The lowest BCUT2D eigenvalue weighted by Crippen LogP contribution is -1.94. The molecule has 178 valence electrons. The third-order valence-corrected chi connectivity index (χ3v) is 7.56. The predicted octanol–water partition coefficient (Wildman–Crippen LogP) is 8.94. The van der Waals surface area contributed by atoms with Crippen LogP contribution in [-0.4, -0.2) is 14.1 Å². The monoisotopic (exact) mass is 485 g/mol. The molecule has 3 heteroatoms. The van der Waals surface area contributed by atoms with Crippen LogP contribution in [0.2, 0.25) is 0 Å². The second kappa shape index (κ2) is 8.19. The van der Waals surface area contributed by atoms with Crippen LogP contribution in [0.15, 0.2) is 140 Å². The van der Waals surface area contributed by atoms with Crippen molar-refractivity contribution in [1.82, 2.24) is 14.1 Å². The molecule has 0 aliphatic heterocycles. The molecule has 0 saturated carbocycles. The summed E-state index contributed by atoms with van der Waals surface area (Å²) in [5.41, 5.74) is 9.14. The lowest BCUT2D eigenvalue weighted by molar-refractivity contribution is 1.17. The molecular formula is C35H23N3. The summed E-state index contributed by atoms with van der Waals surface area (Å²) in [6.45, 7) is 0. The van der Waals surface area contributed by atoms with E-state index >= 15 is 0 Å². The summed E-state index contributed by atoms with van der Waals surface area (Å²) in [4.78, 5) is 5.05. The van der Waals surface area contributed by atoms with E-state index in [-0.39, 0.29) is 0 Å². The standard InChI is InChI=1S/C35H23N3/c1-3-12-24(13-4-1)37-32-20-10-8-17-28(32)35-27(18-11-21-33(35)37)30-22-34-29(23-36-30)26-16-7-9-19-31(26)38(34)25-14-5-2-6-15-25/h1-23H. The first-order valence-electron chi connectivity index (χ1n) is 12.9. The molecule has 0 radical (unpaired) electrons. The molecule has 0 saturated heterocycles. The van der Waals surface area contributed by atoms with Gasteiger partial charge in [-0.15, -0.1) is 0 Å². The Morgan fingerprint density at radius 1 is 0.421 bits per heavy atom. The van der Waals surface area contributed by atoms with Gasteiger partial charge in [0.2, 0.25) is 0 Å². The highest BCUT2D eigenvalue weighted by Crippen LogP contribution is 2.39. The van der Waals surface area contributed by atoms with Gasteiger partial charge in [-0.1, -0.05) is 84.9 Å². The fraction of sp³-hybridized carbons (Fsp3) is 0. The van der Waals surface area contributed by atoms with Crippen LogP contribution in [0.1, 0.15) is 0 Å². The molecule has 3 nitrogen and oxygen atoms in total. The van der Waals surface area contributed by atoms with Crippen molar-refractivity contribution in [3.05, 3.63) is 140 Å². The molecule has 0 aliphatic carbocycles. The fourth-order valence-electron chi connectivity index (χ4n) is 5.95. The van der Waals surface area contributed by atoms with Crippen molar-refractivity contribution >= 4 is 43.6 Å². The number of hydrogen-bond donors (Lipinski definition) is 0. The van der Waals surface area contributed by atoms with E-state index in [1.54, 1.807) is 0 Å². The van der Waals surface area contributed by atoms with Crippen molar-refractivity contribution < 1.29 is 0 Å². The highest BCUT2D eigenvalue weighted by molar-refractivity contribution is 6.16. The van der Waals surface area contributed by atoms with Crippen molar-refractivity contribution in [3.63, 3.8) is 0 Å². The van der Waals surface area contributed by atoms with E-state index < -0.39 is 0 Å². The summed E-state index contributed by atoms with van der Waals surface area (Å²) in [5.74, 6) is 0. The van der Waals surface area contributed by atoms with Gasteiger partial charge in [-0.25, -0.2) is 0 Å². The Morgan fingerprint density at radius 3 is 1.68 bits per heavy atom. The van der Waals surface area contributed by atoms with Crippen molar-refractivity contribution in [1.29, 1.82) is 0 Å². The summed E-state index contributed by atoms with van der Waals surface area (Å²) in [5, 5.41) is 4.82. The van der Waals surface area contributed by atoms with Crippen LogP contribution in [0, 0.1) is 0 Å². The summed E-state index contributed by atoms with van der Waals surface area (Å²) in [7, 11) is 0. The van der Waals surface area contributed by atoms with E-state index in [1.165, 1.54) is 32.7 Å². The maximum Gasteiger partial charge on any atom is 0.0730 e. The third-order valence-electron chi connectivity index (χ3n) is 7.56. The molecule has 0 spiro atoms. The number of pyridine rings is 1. The Kier molecular flexibility index (Phi) is 4.52. The summed E-state index contributed by atoms with van der Waals surface area (Å²) in [6.07, 6.45) is 2.04. The van der Waals surface area contributed by atoms with E-state index in [0.717, 1.165) is 33.5 Å². The predicted molar refractivity (Wildman–Crippen MR) is 158 cm³/mol. The maximum atomic E-state index is 5.05. The highest BCUT2D eigenvalue weighted by Gasteiger charge is 2.18. The number of nitrogens with zero attached hydrogens (tertiary/aromatic N) is 3. The Morgan fingerprint density at radius 2 is 0.974 bits per heavy atom. The van der Waals surface area contributed by atoms with Gasteiger partial charge in [0.1, 0.15) is 0 Å². The Labute approximate surface area is 219 Å². The normalized spacial score (nSPS) is 11.7. The molecule has 0 aliphatic rings. The van der Waals surface area contributed by atoms with Gasteiger partial charge in [0, 0.05) is 44.7 Å². The molecule has 8 aromatic rings. The second-order valence-electron chi connectivity index (χ2n) is 9.66. The molecule has 38 heavy (non-hydrogen) atoms. The summed E-state index contributed by atoms with van der Waals surface area (Å²) in [6, 6.07) is 47.2. The van der Waals surface area contributed by atoms with Gasteiger partial charge in [0.05, 0.1) is 27.8 Å². The molecule has 5 aromatic carbocycles. The topological polar surface area (TPSA) is 22.8 Å². The van der Waals surface area contributed by atoms with Gasteiger partial charge in [-0.05, 0) is 48.5 Å². The second-order valence-corrected chi connectivity index (χ2v) is 9.66. The minimum absolute atomic E-state index is 0.971. The van der Waals surface area contributed by atoms with Crippen LogP contribution in [-0.2, 0) is 0 Å². The molecule has 0 unspecified atom stereocenters. The van der Waals surface area contributed by atoms with Crippen molar-refractivity contribution in [3.8, 4) is 22.6 Å². The van der Waals surface area contributed by atoms with Gasteiger partial charge in [-0.3, -0.25) is 4.98 Å².